The molecule has 0 atom stereocenters. The molecule has 0 aliphatic carbocycles. The van der Waals surface area contributed by atoms with Crippen LogP contribution in [0.2, 0.25) is 0 Å². The van der Waals surface area contributed by atoms with Gasteiger partial charge >= 0.3 is 0 Å². The number of carbonyl (C=O) groups excluding carboxylic acids is 1. The average Bonchev–Trinajstić information content (AvgIpc) is 2.48. The van der Waals surface area contributed by atoms with Crippen LogP contribution in [0, 0.1) is 17.0 Å². The number of hydrogen-bond acceptors (Lipinski definition) is 4. The van der Waals surface area contributed by atoms with Gasteiger partial charge in [0.15, 0.2) is 0 Å². The predicted molar refractivity (Wildman–Crippen MR) is 80.4 cm³/mol. The van der Waals surface area contributed by atoms with E-state index in [0.29, 0.717) is 6.54 Å². The molecule has 1 aromatic carbocycles. The third-order valence-corrected chi connectivity index (χ3v) is 3.10. The molecule has 1 amide bonds. The van der Waals surface area contributed by atoms with E-state index in [0.717, 1.165) is 34.0 Å². The van der Waals surface area contributed by atoms with Crippen molar-refractivity contribution >= 4 is 11.6 Å². The quantitative estimate of drug-likeness (QED) is 0.667. The highest BCUT2D eigenvalue weighted by Crippen LogP contribution is 2.06. The van der Waals surface area contributed by atoms with E-state index in [9.17, 15) is 19.7 Å². The van der Waals surface area contributed by atoms with Crippen LogP contribution in [0.1, 0.15) is 11.1 Å². The second kappa shape index (κ2) is 6.66. The van der Waals surface area contributed by atoms with Gasteiger partial charge in [0.25, 0.3) is 11.2 Å². The van der Waals surface area contributed by atoms with Crippen LogP contribution in [-0.4, -0.2) is 15.4 Å². The topological polar surface area (TPSA) is 94.2 Å². The molecule has 1 N–H and O–H groups in total. The van der Waals surface area contributed by atoms with Crippen LogP contribution in [0.5, 0.6) is 0 Å². The van der Waals surface area contributed by atoms with Crippen molar-refractivity contribution in [3.05, 3.63) is 74.2 Å². The lowest BCUT2D eigenvalue weighted by molar-refractivity contribution is -0.385. The maximum atomic E-state index is 11.8. The van der Waals surface area contributed by atoms with Crippen LogP contribution in [0.4, 0.5) is 5.69 Å². The number of benzene rings is 1. The average molecular weight is 301 g/mol. The summed E-state index contributed by atoms with van der Waals surface area (Å²) in [4.78, 5) is 33.5. The highest BCUT2D eigenvalue weighted by molar-refractivity contribution is 5.75. The molecule has 0 saturated carbocycles. The Labute approximate surface area is 126 Å². The Morgan fingerprint density at radius 2 is 1.91 bits per heavy atom. The standard InChI is InChI=1S/C15H15N3O4/c1-11-2-4-12(5-3-11)8-16-14(19)10-17-9-13(18(21)22)6-7-15(17)20/h2-7,9H,8,10H2,1H3,(H,16,19). The first-order chi connectivity index (χ1) is 10.5. The second-order valence-corrected chi connectivity index (χ2v) is 4.87. The third-order valence-electron chi connectivity index (χ3n) is 3.10. The van der Waals surface area contributed by atoms with E-state index in [2.05, 4.69) is 5.32 Å². The zero-order valence-corrected chi connectivity index (χ0v) is 12.0. The summed E-state index contributed by atoms with van der Waals surface area (Å²) in [7, 11) is 0. The first-order valence-electron chi connectivity index (χ1n) is 6.63. The Kier molecular flexibility index (Phi) is 4.67. The molecule has 2 rings (SSSR count). The molecule has 1 aromatic heterocycles. The van der Waals surface area contributed by atoms with Crippen LogP contribution >= 0.6 is 0 Å². The Bertz CT molecular complexity index is 750. The van der Waals surface area contributed by atoms with E-state index in [-0.39, 0.29) is 18.1 Å². The lowest BCUT2D eigenvalue weighted by Crippen LogP contribution is -2.31. The molecule has 22 heavy (non-hydrogen) atoms. The first-order valence-corrected chi connectivity index (χ1v) is 6.63. The van der Waals surface area contributed by atoms with Crippen LogP contribution < -0.4 is 10.9 Å². The van der Waals surface area contributed by atoms with Gasteiger partial charge in [-0.15, -0.1) is 0 Å². The smallest absolute Gasteiger partial charge is 0.285 e. The first kappa shape index (κ1) is 15.4. The number of carbonyl (C=O) groups is 1. The van der Waals surface area contributed by atoms with Crippen molar-refractivity contribution in [3.8, 4) is 0 Å². The van der Waals surface area contributed by atoms with Crippen molar-refractivity contribution < 1.29 is 9.72 Å². The summed E-state index contributed by atoms with van der Waals surface area (Å²) < 4.78 is 1.02. The Hall–Kier alpha value is -2.96. The number of rotatable bonds is 5. The molecule has 0 radical (unpaired) electrons. The minimum Gasteiger partial charge on any atom is -0.350 e. The van der Waals surface area contributed by atoms with Crippen LogP contribution in [0.25, 0.3) is 0 Å². The number of hydrogen-bond donors (Lipinski definition) is 1. The van der Waals surface area contributed by atoms with Gasteiger partial charge in [-0.3, -0.25) is 24.3 Å². The molecule has 1 heterocycles. The van der Waals surface area contributed by atoms with E-state index in [1.54, 1.807) is 0 Å². The van der Waals surface area contributed by atoms with Crippen molar-refractivity contribution in [3.63, 3.8) is 0 Å². The van der Waals surface area contributed by atoms with Gasteiger partial charge < -0.3 is 5.32 Å². The molecule has 0 unspecified atom stereocenters. The minimum absolute atomic E-state index is 0.231. The number of nitro groups is 1. The monoisotopic (exact) mass is 301 g/mol. The van der Waals surface area contributed by atoms with Crippen molar-refractivity contribution in [2.24, 2.45) is 0 Å². The fourth-order valence-corrected chi connectivity index (χ4v) is 1.87. The molecule has 7 heteroatoms. The zero-order valence-electron chi connectivity index (χ0n) is 12.0. The van der Waals surface area contributed by atoms with Gasteiger partial charge in [-0.25, -0.2) is 0 Å². The number of pyridine rings is 1. The van der Waals surface area contributed by atoms with E-state index >= 15 is 0 Å². The molecule has 0 aliphatic rings. The lowest BCUT2D eigenvalue weighted by atomic mass is 10.1. The molecule has 0 bridgehead atoms. The van der Waals surface area contributed by atoms with E-state index in [1.807, 2.05) is 31.2 Å². The summed E-state index contributed by atoms with van der Waals surface area (Å²) >= 11 is 0. The maximum absolute atomic E-state index is 11.8. The van der Waals surface area contributed by atoms with E-state index in [4.69, 9.17) is 0 Å². The van der Waals surface area contributed by atoms with Gasteiger partial charge in [0.2, 0.25) is 5.91 Å². The van der Waals surface area contributed by atoms with E-state index < -0.39 is 10.5 Å². The van der Waals surface area contributed by atoms with Crippen LogP contribution in [0.15, 0.2) is 47.4 Å². The van der Waals surface area contributed by atoms with Gasteiger partial charge in [-0.1, -0.05) is 29.8 Å². The summed E-state index contributed by atoms with van der Waals surface area (Å²) in [6.45, 7) is 2.05. The molecule has 0 saturated heterocycles. The summed E-state index contributed by atoms with van der Waals surface area (Å²) in [5.74, 6) is -0.386. The van der Waals surface area contributed by atoms with Crippen molar-refractivity contribution in [2.75, 3.05) is 0 Å². The number of nitrogens with zero attached hydrogens (tertiary/aromatic N) is 2. The third kappa shape index (κ3) is 4.02. The largest absolute Gasteiger partial charge is 0.350 e. The number of aromatic nitrogens is 1. The maximum Gasteiger partial charge on any atom is 0.285 e. The summed E-state index contributed by atoms with van der Waals surface area (Å²) in [5, 5.41) is 13.4. The van der Waals surface area contributed by atoms with Crippen LogP contribution in [-0.2, 0) is 17.9 Å². The Morgan fingerprint density at radius 3 is 2.55 bits per heavy atom. The molecule has 0 aliphatic heterocycles. The summed E-state index contributed by atoms with van der Waals surface area (Å²) in [6, 6.07) is 9.86. The molecule has 2 aromatic rings. The van der Waals surface area contributed by atoms with Crippen molar-refractivity contribution in [2.45, 2.75) is 20.0 Å². The minimum atomic E-state index is -0.611. The molecule has 114 valence electrons. The lowest BCUT2D eigenvalue weighted by Gasteiger charge is -2.07. The fourth-order valence-electron chi connectivity index (χ4n) is 1.87. The van der Waals surface area contributed by atoms with Crippen molar-refractivity contribution in [1.29, 1.82) is 0 Å². The molecular weight excluding hydrogens is 286 g/mol. The normalized spacial score (nSPS) is 10.2. The highest BCUT2D eigenvalue weighted by Gasteiger charge is 2.10. The highest BCUT2D eigenvalue weighted by atomic mass is 16.6. The fraction of sp³-hybridized carbons (Fsp3) is 0.200. The Balaban J connectivity index is 2.00. The zero-order chi connectivity index (χ0) is 16.1. The number of nitrogens with one attached hydrogen (secondary N) is 1. The van der Waals surface area contributed by atoms with Gasteiger partial charge in [-0.2, -0.15) is 0 Å². The summed E-state index contributed by atoms with van der Waals surface area (Å²) in [6.07, 6.45) is 1.06. The van der Waals surface area contributed by atoms with Gasteiger partial charge in [0.05, 0.1) is 11.1 Å². The second-order valence-electron chi connectivity index (χ2n) is 4.87. The van der Waals surface area contributed by atoms with Crippen LogP contribution in [0.3, 0.4) is 0 Å². The molecule has 7 nitrogen and oxygen atoms in total. The number of aryl methyl sites for hydroxylation is 1. The van der Waals surface area contributed by atoms with Gasteiger partial charge in [0, 0.05) is 18.7 Å². The van der Waals surface area contributed by atoms with Crippen molar-refractivity contribution in [1.82, 2.24) is 9.88 Å². The Morgan fingerprint density at radius 1 is 1.23 bits per heavy atom. The SMILES string of the molecule is Cc1ccc(CNC(=O)Cn2cc([N+](=O)[O-])ccc2=O)cc1. The number of amides is 1. The summed E-state index contributed by atoms with van der Waals surface area (Å²) in [5.41, 5.74) is 1.37. The molecule has 0 spiro atoms. The van der Waals surface area contributed by atoms with Gasteiger partial charge in [-0.05, 0) is 12.5 Å². The van der Waals surface area contributed by atoms with E-state index in [1.165, 1.54) is 0 Å². The predicted octanol–water partition coefficient (Wildman–Crippen LogP) is 1.38. The molecule has 0 fully saturated rings. The van der Waals surface area contributed by atoms with Gasteiger partial charge in [0.1, 0.15) is 6.54 Å². The molecular formula is C15H15N3O4.